The van der Waals surface area contributed by atoms with E-state index >= 15 is 0 Å². The lowest BCUT2D eigenvalue weighted by atomic mass is 10.2. The molecule has 0 unspecified atom stereocenters. The number of nitrogens with one attached hydrogen (secondary N) is 3. The second-order valence-corrected chi connectivity index (χ2v) is 8.24. The number of halogens is 3. The van der Waals surface area contributed by atoms with E-state index in [0.29, 0.717) is 6.07 Å². The molecule has 0 atom stereocenters. The lowest BCUT2D eigenvalue weighted by Crippen LogP contribution is -2.42. The van der Waals surface area contributed by atoms with Crippen molar-refractivity contribution >= 4 is 39.1 Å². The third-order valence-corrected chi connectivity index (χ3v) is 5.68. The van der Waals surface area contributed by atoms with Gasteiger partial charge in [0.05, 0.1) is 21.2 Å². The van der Waals surface area contributed by atoms with E-state index in [1.165, 1.54) is 30.3 Å². The van der Waals surface area contributed by atoms with Crippen molar-refractivity contribution in [3.05, 3.63) is 94.5 Å². The summed E-state index contributed by atoms with van der Waals surface area (Å²) in [5.74, 6) is -3.84. The van der Waals surface area contributed by atoms with E-state index in [1.807, 2.05) is 10.9 Å². The van der Waals surface area contributed by atoms with Crippen molar-refractivity contribution < 1.29 is 26.8 Å². The minimum Gasteiger partial charge on any atom is -0.278 e. The van der Waals surface area contributed by atoms with Crippen molar-refractivity contribution in [2.45, 2.75) is 4.90 Å². The minimum absolute atomic E-state index is 0.0955. The summed E-state index contributed by atoms with van der Waals surface area (Å²) in [5.41, 5.74) is 3.60. The normalized spacial score (nSPS) is 10.9. The number of carbonyl (C=O) groups excluding carboxylic acids is 2. The predicted octanol–water partition coefficient (Wildman–Crippen LogP) is 3.49. The van der Waals surface area contributed by atoms with Crippen LogP contribution in [-0.2, 0) is 10.0 Å². The third kappa shape index (κ3) is 5.36. The fourth-order valence-corrected chi connectivity index (χ4v) is 3.84. The molecule has 0 fully saturated rings. The van der Waals surface area contributed by atoms with Gasteiger partial charge in [0.25, 0.3) is 21.8 Å². The number of hydrogen-bond donors (Lipinski definition) is 3. The molecule has 0 spiro atoms. The average molecular weight is 466 g/mol. The van der Waals surface area contributed by atoms with Gasteiger partial charge in [0.2, 0.25) is 0 Å². The minimum atomic E-state index is -4.06. The van der Waals surface area contributed by atoms with E-state index in [-0.39, 0.29) is 21.2 Å². The molecule has 3 N–H and O–H groups in total. The van der Waals surface area contributed by atoms with Crippen LogP contribution in [0.3, 0.4) is 0 Å². The smallest absolute Gasteiger partial charge is 0.272 e. The number of hydrogen-bond acceptors (Lipinski definition) is 4. The van der Waals surface area contributed by atoms with Gasteiger partial charge >= 0.3 is 0 Å². The molecule has 11 heteroatoms. The molecule has 7 nitrogen and oxygen atoms in total. The highest BCUT2D eigenvalue weighted by Gasteiger charge is 2.18. The van der Waals surface area contributed by atoms with E-state index in [4.69, 9.17) is 11.6 Å². The summed E-state index contributed by atoms with van der Waals surface area (Å²) in [5, 5.41) is 0.190. The number of rotatable bonds is 5. The zero-order valence-corrected chi connectivity index (χ0v) is 17.1. The van der Waals surface area contributed by atoms with Gasteiger partial charge in [-0.2, -0.15) is 0 Å². The number of carbonyl (C=O) groups is 2. The van der Waals surface area contributed by atoms with Gasteiger partial charge in [-0.05, 0) is 42.5 Å². The first-order valence-electron chi connectivity index (χ1n) is 8.60. The van der Waals surface area contributed by atoms with Crippen LogP contribution in [0.4, 0.5) is 14.5 Å². The van der Waals surface area contributed by atoms with E-state index in [2.05, 4.69) is 4.72 Å². The summed E-state index contributed by atoms with van der Waals surface area (Å²) in [6.45, 7) is 0. The number of para-hydroxylation sites is 1. The summed E-state index contributed by atoms with van der Waals surface area (Å²) in [7, 11) is -4.06. The molecule has 0 saturated heterocycles. The van der Waals surface area contributed by atoms with Crippen molar-refractivity contribution in [1.82, 2.24) is 10.9 Å². The van der Waals surface area contributed by atoms with E-state index in [1.54, 1.807) is 12.1 Å². The zero-order valence-electron chi connectivity index (χ0n) is 15.5. The first kappa shape index (κ1) is 22.2. The van der Waals surface area contributed by atoms with Crippen LogP contribution < -0.4 is 15.6 Å². The van der Waals surface area contributed by atoms with Gasteiger partial charge in [0.1, 0.15) is 11.6 Å². The van der Waals surface area contributed by atoms with Crippen molar-refractivity contribution in [2.75, 3.05) is 4.72 Å². The number of anilines is 1. The van der Waals surface area contributed by atoms with Crippen molar-refractivity contribution in [1.29, 1.82) is 0 Å². The number of benzene rings is 3. The van der Waals surface area contributed by atoms with Gasteiger partial charge in [0, 0.05) is 11.6 Å². The molecular weight excluding hydrogens is 452 g/mol. The van der Waals surface area contributed by atoms with Crippen molar-refractivity contribution in [3.8, 4) is 0 Å². The van der Waals surface area contributed by atoms with Crippen LogP contribution in [0.1, 0.15) is 20.7 Å². The van der Waals surface area contributed by atoms with Crippen LogP contribution in [0.15, 0.2) is 71.6 Å². The number of amides is 2. The average Bonchev–Trinajstić information content (AvgIpc) is 2.73. The van der Waals surface area contributed by atoms with Crippen LogP contribution in [0.5, 0.6) is 0 Å². The lowest BCUT2D eigenvalue weighted by molar-refractivity contribution is 0.0844. The molecule has 2 amide bonds. The fourth-order valence-electron chi connectivity index (χ4n) is 2.48. The lowest BCUT2D eigenvalue weighted by Gasteiger charge is -2.11. The van der Waals surface area contributed by atoms with Gasteiger partial charge in [-0.3, -0.25) is 25.2 Å². The molecule has 3 rings (SSSR count). The molecule has 0 radical (unpaired) electrons. The van der Waals surface area contributed by atoms with Crippen molar-refractivity contribution in [2.24, 2.45) is 0 Å². The molecule has 0 aliphatic heterocycles. The summed E-state index contributed by atoms with van der Waals surface area (Å²) in [6, 6.07) is 13.5. The Balaban J connectivity index is 1.72. The summed E-state index contributed by atoms with van der Waals surface area (Å²) < 4.78 is 54.1. The summed E-state index contributed by atoms with van der Waals surface area (Å²) >= 11 is 5.96. The van der Waals surface area contributed by atoms with E-state index in [9.17, 15) is 26.8 Å². The van der Waals surface area contributed by atoms with E-state index < -0.39 is 39.0 Å². The van der Waals surface area contributed by atoms with E-state index in [0.717, 1.165) is 18.2 Å². The monoisotopic (exact) mass is 465 g/mol. The number of sulfonamides is 1. The molecule has 160 valence electrons. The highest BCUT2D eigenvalue weighted by atomic mass is 35.5. The summed E-state index contributed by atoms with van der Waals surface area (Å²) in [6.07, 6.45) is 0. The third-order valence-electron chi connectivity index (χ3n) is 3.99. The molecule has 0 aliphatic rings. The Morgan fingerprint density at radius 2 is 1.55 bits per heavy atom. The highest BCUT2D eigenvalue weighted by molar-refractivity contribution is 7.92. The van der Waals surface area contributed by atoms with Crippen LogP contribution >= 0.6 is 11.6 Å². The van der Waals surface area contributed by atoms with Crippen LogP contribution in [0.25, 0.3) is 0 Å². The Morgan fingerprint density at radius 3 is 2.26 bits per heavy atom. The molecule has 0 heterocycles. The Morgan fingerprint density at radius 1 is 0.839 bits per heavy atom. The Bertz CT molecular complexity index is 1270. The Labute approximate surface area is 181 Å². The number of hydrazine groups is 1. The van der Waals surface area contributed by atoms with Crippen LogP contribution in [0.2, 0.25) is 5.02 Å². The maximum absolute atomic E-state index is 13.6. The van der Waals surface area contributed by atoms with Gasteiger partial charge in [-0.1, -0.05) is 29.8 Å². The van der Waals surface area contributed by atoms with Gasteiger partial charge in [-0.15, -0.1) is 0 Å². The molecule has 31 heavy (non-hydrogen) atoms. The first-order chi connectivity index (χ1) is 14.7. The molecular formula is C20H14ClF2N3O4S. The molecule has 0 aliphatic carbocycles. The quantitative estimate of drug-likeness (QED) is 0.502. The largest absolute Gasteiger partial charge is 0.278 e. The first-order valence-corrected chi connectivity index (χ1v) is 10.5. The Hall–Kier alpha value is -3.50. The predicted molar refractivity (Wildman–Crippen MR) is 110 cm³/mol. The summed E-state index contributed by atoms with van der Waals surface area (Å²) in [4.78, 5) is 24.0. The highest BCUT2D eigenvalue weighted by Crippen LogP contribution is 2.24. The fraction of sp³-hybridized carbons (Fsp3) is 0. The van der Waals surface area contributed by atoms with Gasteiger partial charge in [0.15, 0.2) is 0 Å². The zero-order chi connectivity index (χ0) is 22.6. The molecule has 0 saturated carbocycles. The molecule has 3 aromatic carbocycles. The van der Waals surface area contributed by atoms with Crippen LogP contribution in [-0.4, -0.2) is 20.2 Å². The standard InChI is InChI=1S/C20H14ClF2N3O4S/c21-16-6-1-2-7-18(16)26-31(29,30)14-5-3-4-12(10-14)19(27)24-25-20(28)15-9-8-13(22)11-17(15)23/h1-11,26H,(H,24,27)(H,25,28). The SMILES string of the molecule is O=C(NNC(=O)c1ccc(F)cc1F)c1cccc(S(=O)(=O)Nc2ccccc2Cl)c1. The second kappa shape index (κ2) is 9.11. The maximum atomic E-state index is 13.6. The van der Waals surface area contributed by atoms with Gasteiger partial charge in [-0.25, -0.2) is 17.2 Å². The van der Waals surface area contributed by atoms with Crippen molar-refractivity contribution in [3.63, 3.8) is 0 Å². The van der Waals surface area contributed by atoms with Crippen LogP contribution in [0, 0.1) is 11.6 Å². The Kier molecular flexibility index (Phi) is 6.52. The molecule has 3 aromatic rings. The maximum Gasteiger partial charge on any atom is 0.272 e. The molecule has 0 aromatic heterocycles. The second-order valence-electron chi connectivity index (χ2n) is 6.15. The van der Waals surface area contributed by atoms with Gasteiger partial charge < -0.3 is 0 Å². The topological polar surface area (TPSA) is 104 Å². The molecule has 0 bridgehead atoms.